The number of piperidine rings is 1. The molecular weight excluding hydrogens is 340 g/mol. The topological polar surface area (TPSA) is 67.4 Å². The van der Waals surface area contributed by atoms with Gasteiger partial charge in [0.1, 0.15) is 17.7 Å². The lowest BCUT2D eigenvalue weighted by molar-refractivity contribution is 0.0594. The van der Waals surface area contributed by atoms with Gasteiger partial charge in [-0.15, -0.1) is 0 Å². The molecule has 3 rings (SSSR count). The van der Waals surface area contributed by atoms with E-state index < -0.39 is 0 Å². The zero-order chi connectivity index (χ0) is 19.2. The van der Waals surface area contributed by atoms with Gasteiger partial charge in [-0.25, -0.2) is 4.98 Å². The van der Waals surface area contributed by atoms with Gasteiger partial charge in [0.25, 0.3) is 5.91 Å². The molecule has 1 unspecified atom stereocenters. The lowest BCUT2D eigenvalue weighted by Gasteiger charge is -2.32. The monoisotopic (exact) mass is 368 g/mol. The zero-order valence-corrected chi connectivity index (χ0v) is 16.3. The minimum Gasteiger partial charge on any atom is -0.489 e. The molecule has 0 aliphatic carbocycles. The third-order valence-electron chi connectivity index (χ3n) is 5.05. The molecule has 1 atom stereocenters. The van der Waals surface area contributed by atoms with Gasteiger partial charge in [0.05, 0.1) is 11.8 Å². The SMILES string of the molecule is CC(C)C(C)Nc1ccc(C(=O)N2CCC(Oc3cccnc3)CC2)cn1. The van der Waals surface area contributed by atoms with Crippen molar-refractivity contribution in [3.8, 4) is 5.75 Å². The van der Waals surface area contributed by atoms with Crippen molar-refractivity contribution in [3.63, 3.8) is 0 Å². The van der Waals surface area contributed by atoms with Gasteiger partial charge in [-0.3, -0.25) is 9.78 Å². The number of hydrogen-bond donors (Lipinski definition) is 1. The minimum atomic E-state index is 0.0331. The van der Waals surface area contributed by atoms with Gasteiger partial charge >= 0.3 is 0 Å². The van der Waals surface area contributed by atoms with Crippen molar-refractivity contribution in [2.75, 3.05) is 18.4 Å². The Morgan fingerprint density at radius 1 is 1.19 bits per heavy atom. The van der Waals surface area contributed by atoms with Gasteiger partial charge in [0.2, 0.25) is 0 Å². The molecule has 1 aliphatic rings. The van der Waals surface area contributed by atoms with Crippen LogP contribution >= 0.6 is 0 Å². The van der Waals surface area contributed by atoms with Gasteiger partial charge < -0.3 is 15.0 Å². The van der Waals surface area contributed by atoms with Crippen LogP contribution < -0.4 is 10.1 Å². The second kappa shape index (κ2) is 8.84. The summed E-state index contributed by atoms with van der Waals surface area (Å²) >= 11 is 0. The molecule has 0 saturated carbocycles. The van der Waals surface area contributed by atoms with Crippen LogP contribution in [0.3, 0.4) is 0 Å². The minimum absolute atomic E-state index is 0.0331. The number of nitrogens with one attached hydrogen (secondary N) is 1. The zero-order valence-electron chi connectivity index (χ0n) is 16.3. The second-order valence-corrected chi connectivity index (χ2v) is 7.41. The molecule has 27 heavy (non-hydrogen) atoms. The molecule has 2 aromatic heterocycles. The summed E-state index contributed by atoms with van der Waals surface area (Å²) in [6.07, 6.45) is 6.88. The largest absolute Gasteiger partial charge is 0.489 e. The first kappa shape index (κ1) is 19.1. The van der Waals surface area contributed by atoms with Crippen LogP contribution in [0.15, 0.2) is 42.9 Å². The second-order valence-electron chi connectivity index (χ2n) is 7.41. The Labute approximate surface area is 161 Å². The lowest BCUT2D eigenvalue weighted by atomic mass is 10.1. The van der Waals surface area contributed by atoms with E-state index in [0.717, 1.165) is 24.4 Å². The standard InChI is InChI=1S/C21H28N4O2/c1-15(2)16(3)24-20-7-6-17(13-23-20)21(26)25-11-8-18(9-12-25)27-19-5-4-10-22-14-19/h4-7,10,13-16,18H,8-9,11-12H2,1-3H3,(H,23,24). The molecule has 144 valence electrons. The van der Waals surface area contributed by atoms with Crippen LogP contribution in [-0.2, 0) is 0 Å². The average Bonchev–Trinajstić information content (AvgIpc) is 2.69. The van der Waals surface area contributed by atoms with E-state index in [2.05, 4.69) is 36.1 Å². The highest BCUT2D eigenvalue weighted by atomic mass is 16.5. The van der Waals surface area contributed by atoms with E-state index in [1.54, 1.807) is 18.6 Å². The van der Waals surface area contributed by atoms with Crippen molar-refractivity contribution in [1.82, 2.24) is 14.9 Å². The van der Waals surface area contributed by atoms with E-state index in [9.17, 15) is 4.79 Å². The molecular formula is C21H28N4O2. The number of ether oxygens (including phenoxy) is 1. The highest BCUT2D eigenvalue weighted by Gasteiger charge is 2.25. The summed E-state index contributed by atoms with van der Waals surface area (Å²) in [5.41, 5.74) is 0.629. The third kappa shape index (κ3) is 5.18. The summed E-state index contributed by atoms with van der Waals surface area (Å²) in [4.78, 5) is 23.1. The number of hydrogen-bond acceptors (Lipinski definition) is 5. The fraction of sp³-hybridized carbons (Fsp3) is 0.476. The van der Waals surface area contributed by atoms with Crippen molar-refractivity contribution in [2.45, 2.75) is 45.8 Å². The van der Waals surface area contributed by atoms with E-state index in [0.29, 0.717) is 30.6 Å². The fourth-order valence-electron chi connectivity index (χ4n) is 2.97. The van der Waals surface area contributed by atoms with Crippen LogP contribution in [0, 0.1) is 5.92 Å². The van der Waals surface area contributed by atoms with Crippen LogP contribution in [0.25, 0.3) is 0 Å². The Morgan fingerprint density at radius 3 is 2.56 bits per heavy atom. The highest BCUT2D eigenvalue weighted by Crippen LogP contribution is 2.20. The molecule has 1 amide bonds. The molecule has 3 heterocycles. The number of likely N-dealkylation sites (tertiary alicyclic amines) is 1. The number of pyridine rings is 2. The van der Waals surface area contributed by atoms with Crippen molar-refractivity contribution in [2.24, 2.45) is 5.92 Å². The molecule has 0 radical (unpaired) electrons. The van der Waals surface area contributed by atoms with Crippen LogP contribution in [0.5, 0.6) is 5.75 Å². The number of amides is 1. The normalized spacial score (nSPS) is 16.2. The number of carbonyl (C=O) groups is 1. The Bertz CT molecular complexity index is 726. The first-order valence-corrected chi connectivity index (χ1v) is 9.61. The van der Waals surface area contributed by atoms with Crippen LogP contribution in [-0.4, -0.2) is 46.0 Å². The number of rotatable bonds is 6. The maximum absolute atomic E-state index is 12.7. The van der Waals surface area contributed by atoms with E-state index >= 15 is 0 Å². The van der Waals surface area contributed by atoms with E-state index in [-0.39, 0.29) is 12.0 Å². The molecule has 0 bridgehead atoms. The highest BCUT2D eigenvalue weighted by molar-refractivity contribution is 5.94. The molecule has 0 aromatic carbocycles. The lowest BCUT2D eigenvalue weighted by Crippen LogP contribution is -2.41. The van der Waals surface area contributed by atoms with Crippen LogP contribution in [0.4, 0.5) is 5.82 Å². The molecule has 2 aromatic rings. The molecule has 1 aliphatic heterocycles. The summed E-state index contributed by atoms with van der Waals surface area (Å²) < 4.78 is 5.94. The Hall–Kier alpha value is -2.63. The average molecular weight is 368 g/mol. The molecule has 1 fully saturated rings. The summed E-state index contributed by atoms with van der Waals surface area (Å²) in [5.74, 6) is 2.13. The summed E-state index contributed by atoms with van der Waals surface area (Å²) in [6, 6.07) is 7.83. The van der Waals surface area contributed by atoms with Crippen molar-refractivity contribution in [3.05, 3.63) is 48.4 Å². The molecule has 6 nitrogen and oxygen atoms in total. The summed E-state index contributed by atoms with van der Waals surface area (Å²) in [7, 11) is 0. The third-order valence-corrected chi connectivity index (χ3v) is 5.05. The molecule has 1 saturated heterocycles. The van der Waals surface area contributed by atoms with Gasteiger partial charge in [-0.2, -0.15) is 0 Å². The molecule has 6 heteroatoms. The first-order chi connectivity index (χ1) is 13.0. The number of anilines is 1. The summed E-state index contributed by atoms with van der Waals surface area (Å²) in [6.45, 7) is 7.83. The molecule has 0 spiro atoms. The van der Waals surface area contributed by atoms with Gasteiger partial charge in [-0.05, 0) is 37.1 Å². The van der Waals surface area contributed by atoms with E-state index in [4.69, 9.17) is 4.74 Å². The van der Waals surface area contributed by atoms with Crippen molar-refractivity contribution < 1.29 is 9.53 Å². The van der Waals surface area contributed by atoms with Crippen molar-refractivity contribution >= 4 is 11.7 Å². The van der Waals surface area contributed by atoms with Gasteiger partial charge in [0.15, 0.2) is 0 Å². The summed E-state index contributed by atoms with van der Waals surface area (Å²) in [5, 5.41) is 3.36. The van der Waals surface area contributed by atoms with Crippen LogP contribution in [0.1, 0.15) is 44.0 Å². The maximum atomic E-state index is 12.7. The van der Waals surface area contributed by atoms with Gasteiger partial charge in [-0.1, -0.05) is 13.8 Å². The number of carbonyl (C=O) groups excluding carboxylic acids is 1. The van der Waals surface area contributed by atoms with E-state index in [1.807, 2.05) is 29.2 Å². The quantitative estimate of drug-likeness (QED) is 0.843. The first-order valence-electron chi connectivity index (χ1n) is 9.61. The predicted octanol–water partition coefficient (Wildman–Crippen LogP) is 3.62. The van der Waals surface area contributed by atoms with E-state index in [1.165, 1.54) is 0 Å². The Balaban J connectivity index is 1.51. The smallest absolute Gasteiger partial charge is 0.255 e. The Morgan fingerprint density at radius 2 is 1.96 bits per heavy atom. The molecule has 1 N–H and O–H groups in total. The number of aromatic nitrogens is 2. The van der Waals surface area contributed by atoms with Crippen LogP contribution in [0.2, 0.25) is 0 Å². The predicted molar refractivity (Wildman–Crippen MR) is 106 cm³/mol. The van der Waals surface area contributed by atoms with Gasteiger partial charge in [0, 0.05) is 44.4 Å². The Kier molecular flexibility index (Phi) is 6.27. The fourth-order valence-corrected chi connectivity index (χ4v) is 2.97. The maximum Gasteiger partial charge on any atom is 0.255 e. The van der Waals surface area contributed by atoms with Crippen molar-refractivity contribution in [1.29, 1.82) is 0 Å². The number of nitrogens with zero attached hydrogens (tertiary/aromatic N) is 3.